The molecule has 0 aromatic carbocycles. The molecule has 1 unspecified atom stereocenters. The molecular formula is C5H10OS2. The van der Waals surface area contributed by atoms with Crippen molar-refractivity contribution in [3.63, 3.8) is 0 Å². The molecule has 0 bridgehead atoms. The van der Waals surface area contributed by atoms with Crippen molar-refractivity contribution in [3.05, 3.63) is 0 Å². The predicted molar refractivity (Wildman–Crippen MR) is 40.3 cm³/mol. The second kappa shape index (κ2) is 3.64. The third kappa shape index (κ3) is 1.88. The van der Waals surface area contributed by atoms with Gasteiger partial charge in [0.1, 0.15) is 4.77 Å². The van der Waals surface area contributed by atoms with Gasteiger partial charge in [-0.2, -0.15) is 0 Å². The van der Waals surface area contributed by atoms with Gasteiger partial charge in [0.2, 0.25) is 0 Å². The molecule has 0 radical (unpaired) electrons. The molecule has 0 spiro atoms. The van der Waals surface area contributed by atoms with Gasteiger partial charge in [0, 0.05) is 6.61 Å². The zero-order chi connectivity index (χ0) is 5.82. The minimum Gasteiger partial charge on any atom is -0.358 e. The van der Waals surface area contributed by atoms with E-state index in [2.05, 4.69) is 6.26 Å². The molecule has 1 aliphatic heterocycles. The van der Waals surface area contributed by atoms with Crippen LogP contribution < -0.4 is 0 Å². The first-order valence-electron chi connectivity index (χ1n) is 2.69. The molecule has 48 valence electrons. The molecule has 1 saturated heterocycles. The Kier molecular flexibility index (Phi) is 3.08. The van der Waals surface area contributed by atoms with E-state index in [0.717, 1.165) is 6.61 Å². The van der Waals surface area contributed by atoms with Gasteiger partial charge < -0.3 is 4.74 Å². The van der Waals surface area contributed by atoms with Crippen LogP contribution in [0.4, 0.5) is 0 Å². The van der Waals surface area contributed by atoms with Gasteiger partial charge in [0.25, 0.3) is 0 Å². The fourth-order valence-corrected chi connectivity index (χ4v) is 2.34. The summed E-state index contributed by atoms with van der Waals surface area (Å²) >= 11 is 3.69. The largest absolute Gasteiger partial charge is 0.358 e. The normalized spacial score (nSPS) is 30.4. The number of hydrogen-bond acceptors (Lipinski definition) is 3. The molecule has 0 N–H and O–H groups in total. The van der Waals surface area contributed by atoms with E-state index in [0.29, 0.717) is 4.77 Å². The first-order valence-corrected chi connectivity index (χ1v) is 5.03. The molecule has 0 aromatic rings. The number of hydrogen-bond donors (Lipinski definition) is 0. The van der Waals surface area contributed by atoms with Crippen LogP contribution in [0.2, 0.25) is 0 Å². The highest BCUT2D eigenvalue weighted by atomic mass is 32.2. The van der Waals surface area contributed by atoms with Crippen LogP contribution in [0.1, 0.15) is 6.42 Å². The zero-order valence-electron chi connectivity index (χ0n) is 4.92. The fourth-order valence-electron chi connectivity index (χ4n) is 0.602. The van der Waals surface area contributed by atoms with E-state index < -0.39 is 0 Å². The molecule has 8 heavy (non-hydrogen) atoms. The number of ether oxygens (including phenoxy) is 1. The van der Waals surface area contributed by atoms with Gasteiger partial charge in [0.15, 0.2) is 0 Å². The molecule has 0 amide bonds. The summed E-state index contributed by atoms with van der Waals surface area (Å²) in [5, 5.41) is 0. The van der Waals surface area contributed by atoms with Crippen LogP contribution in [-0.2, 0) is 4.74 Å². The lowest BCUT2D eigenvalue weighted by atomic mass is 10.5. The van der Waals surface area contributed by atoms with Crippen LogP contribution in [0.15, 0.2) is 0 Å². The minimum absolute atomic E-state index is 0.420. The Bertz CT molecular complexity index is 61.4. The van der Waals surface area contributed by atoms with E-state index in [9.17, 15) is 0 Å². The Morgan fingerprint density at radius 1 is 1.75 bits per heavy atom. The summed E-state index contributed by atoms with van der Waals surface area (Å²) in [5.74, 6) is 1.27. The van der Waals surface area contributed by atoms with E-state index >= 15 is 0 Å². The molecule has 3 heteroatoms. The summed E-state index contributed by atoms with van der Waals surface area (Å²) in [5.41, 5.74) is 0. The van der Waals surface area contributed by atoms with Crippen LogP contribution >= 0.6 is 23.5 Å². The minimum atomic E-state index is 0.420. The van der Waals surface area contributed by atoms with Crippen molar-refractivity contribution in [3.8, 4) is 0 Å². The molecule has 0 aliphatic carbocycles. The van der Waals surface area contributed by atoms with Crippen LogP contribution in [0.5, 0.6) is 0 Å². The maximum Gasteiger partial charge on any atom is 0.149 e. The maximum atomic E-state index is 5.35. The Labute approximate surface area is 58.6 Å². The summed E-state index contributed by atoms with van der Waals surface area (Å²) in [4.78, 5) is 0. The molecule has 1 atom stereocenters. The second-order valence-corrected chi connectivity index (χ2v) is 3.99. The molecule has 1 fully saturated rings. The summed E-state index contributed by atoms with van der Waals surface area (Å²) in [6.07, 6.45) is 3.31. The first-order chi connectivity index (χ1) is 3.93. The van der Waals surface area contributed by atoms with Crippen molar-refractivity contribution >= 4 is 23.5 Å². The highest BCUT2D eigenvalue weighted by molar-refractivity contribution is 8.16. The van der Waals surface area contributed by atoms with Crippen molar-refractivity contribution in [2.45, 2.75) is 11.2 Å². The lowest BCUT2D eigenvalue weighted by Gasteiger charge is -2.19. The average molecular weight is 150 g/mol. The molecular weight excluding hydrogens is 140 g/mol. The summed E-state index contributed by atoms with van der Waals surface area (Å²) in [7, 11) is 0. The first kappa shape index (κ1) is 6.78. The van der Waals surface area contributed by atoms with Gasteiger partial charge >= 0.3 is 0 Å². The molecule has 1 heterocycles. The van der Waals surface area contributed by atoms with Crippen LogP contribution in [-0.4, -0.2) is 23.4 Å². The van der Waals surface area contributed by atoms with Crippen molar-refractivity contribution in [1.29, 1.82) is 0 Å². The van der Waals surface area contributed by atoms with E-state index in [4.69, 9.17) is 4.74 Å². The fraction of sp³-hybridized carbons (Fsp3) is 1.00. The van der Waals surface area contributed by atoms with Crippen molar-refractivity contribution in [2.75, 3.05) is 18.6 Å². The van der Waals surface area contributed by atoms with E-state index in [-0.39, 0.29) is 0 Å². The van der Waals surface area contributed by atoms with Gasteiger partial charge in [0.05, 0.1) is 0 Å². The van der Waals surface area contributed by atoms with Gasteiger partial charge in [-0.15, -0.1) is 23.5 Å². The SMILES string of the molecule is CSC1OCCCS1. The number of thioether (sulfide) groups is 2. The lowest BCUT2D eigenvalue weighted by Crippen LogP contribution is -2.12. The van der Waals surface area contributed by atoms with Crippen LogP contribution in [0.3, 0.4) is 0 Å². The van der Waals surface area contributed by atoms with Gasteiger partial charge in [-0.05, 0) is 18.4 Å². The van der Waals surface area contributed by atoms with E-state index in [1.54, 1.807) is 11.8 Å². The maximum absolute atomic E-state index is 5.35. The number of rotatable bonds is 1. The topological polar surface area (TPSA) is 9.23 Å². The molecule has 0 saturated carbocycles. The van der Waals surface area contributed by atoms with Crippen molar-refractivity contribution in [1.82, 2.24) is 0 Å². The summed E-state index contributed by atoms with van der Waals surface area (Å²) in [6.45, 7) is 0.957. The molecule has 1 aliphatic rings. The Morgan fingerprint density at radius 3 is 3.00 bits per heavy atom. The third-order valence-electron chi connectivity index (χ3n) is 0.989. The van der Waals surface area contributed by atoms with Crippen LogP contribution in [0.25, 0.3) is 0 Å². The Morgan fingerprint density at radius 2 is 2.62 bits per heavy atom. The standard InChI is InChI=1S/C5H10OS2/c1-7-5-6-3-2-4-8-5/h5H,2-4H2,1H3. The Balaban J connectivity index is 2.13. The molecule has 1 rings (SSSR count). The Hall–Kier alpha value is 0.660. The highest BCUT2D eigenvalue weighted by Crippen LogP contribution is 2.26. The molecule has 0 aromatic heterocycles. The van der Waals surface area contributed by atoms with Crippen molar-refractivity contribution in [2.24, 2.45) is 0 Å². The van der Waals surface area contributed by atoms with Gasteiger partial charge in [-0.25, -0.2) is 0 Å². The zero-order valence-corrected chi connectivity index (χ0v) is 6.56. The van der Waals surface area contributed by atoms with E-state index in [1.807, 2.05) is 11.8 Å². The van der Waals surface area contributed by atoms with Gasteiger partial charge in [-0.3, -0.25) is 0 Å². The second-order valence-electron chi connectivity index (χ2n) is 1.62. The lowest BCUT2D eigenvalue weighted by molar-refractivity contribution is 0.157. The van der Waals surface area contributed by atoms with Crippen LogP contribution in [0, 0.1) is 0 Å². The molecule has 1 nitrogen and oxygen atoms in total. The van der Waals surface area contributed by atoms with Gasteiger partial charge in [-0.1, -0.05) is 0 Å². The summed E-state index contributed by atoms with van der Waals surface area (Å²) in [6, 6.07) is 0. The quantitative estimate of drug-likeness (QED) is 0.564. The van der Waals surface area contributed by atoms with Crippen molar-refractivity contribution < 1.29 is 4.74 Å². The smallest absolute Gasteiger partial charge is 0.149 e. The average Bonchev–Trinajstić information content (AvgIpc) is 1.90. The predicted octanol–water partition coefficient (Wildman–Crippen LogP) is 1.79. The monoisotopic (exact) mass is 150 g/mol. The third-order valence-corrected chi connectivity index (χ3v) is 3.43. The summed E-state index contributed by atoms with van der Waals surface area (Å²) < 4.78 is 5.77. The highest BCUT2D eigenvalue weighted by Gasteiger charge is 2.10. The van der Waals surface area contributed by atoms with E-state index in [1.165, 1.54) is 12.2 Å².